The molecule has 1 fully saturated rings. The summed E-state index contributed by atoms with van der Waals surface area (Å²) in [5.41, 5.74) is 6.89. The smallest absolute Gasteiger partial charge is 0.128 e. The van der Waals surface area contributed by atoms with Gasteiger partial charge in [0.15, 0.2) is 0 Å². The third kappa shape index (κ3) is 2.96. The second-order valence-electron chi connectivity index (χ2n) is 4.90. The van der Waals surface area contributed by atoms with E-state index < -0.39 is 0 Å². The number of aromatic nitrogens is 1. The summed E-state index contributed by atoms with van der Waals surface area (Å²) in [7, 11) is 0. The molecule has 2 heterocycles. The van der Waals surface area contributed by atoms with Crippen LogP contribution in [0.4, 0.5) is 5.82 Å². The number of hydrogen-bond donors (Lipinski definition) is 1. The van der Waals surface area contributed by atoms with Crippen LogP contribution in [0.25, 0.3) is 0 Å². The summed E-state index contributed by atoms with van der Waals surface area (Å²) in [6, 6.07) is 4.14. The van der Waals surface area contributed by atoms with Gasteiger partial charge in [0, 0.05) is 25.3 Å². The van der Waals surface area contributed by atoms with E-state index in [1.165, 1.54) is 0 Å². The van der Waals surface area contributed by atoms with Crippen molar-refractivity contribution < 1.29 is 4.74 Å². The van der Waals surface area contributed by atoms with Crippen LogP contribution in [0.3, 0.4) is 0 Å². The molecule has 4 heteroatoms. The van der Waals surface area contributed by atoms with E-state index in [9.17, 15) is 0 Å². The third-order valence-corrected chi connectivity index (χ3v) is 3.04. The van der Waals surface area contributed by atoms with Crippen molar-refractivity contribution in [3.05, 3.63) is 23.9 Å². The number of morpholine rings is 1. The molecule has 4 nitrogen and oxygen atoms in total. The molecular formula is C13H21N3O. The number of nitrogens with zero attached hydrogens (tertiary/aromatic N) is 2. The Labute approximate surface area is 103 Å². The first-order chi connectivity index (χ1) is 8.06. The highest BCUT2D eigenvalue weighted by Crippen LogP contribution is 2.19. The topological polar surface area (TPSA) is 51.4 Å². The zero-order valence-corrected chi connectivity index (χ0v) is 10.8. The Balaban J connectivity index is 2.11. The minimum absolute atomic E-state index is 0.0408. The van der Waals surface area contributed by atoms with E-state index in [4.69, 9.17) is 10.5 Å². The molecule has 17 heavy (non-hydrogen) atoms. The molecule has 0 radical (unpaired) electrons. The Morgan fingerprint density at radius 2 is 2.00 bits per heavy atom. The summed E-state index contributed by atoms with van der Waals surface area (Å²) in [6.45, 7) is 7.96. The molecule has 1 aromatic heterocycles. The molecular weight excluding hydrogens is 214 g/mol. The SMILES string of the molecule is C[C@@H]1CN(c2ccc([C@H](C)N)cn2)C[C@H](C)O1. The summed E-state index contributed by atoms with van der Waals surface area (Å²) in [4.78, 5) is 6.75. The Morgan fingerprint density at radius 3 is 2.47 bits per heavy atom. The summed E-state index contributed by atoms with van der Waals surface area (Å²) in [5.74, 6) is 1.01. The molecule has 0 amide bonds. The number of rotatable bonds is 2. The maximum Gasteiger partial charge on any atom is 0.128 e. The molecule has 0 bridgehead atoms. The van der Waals surface area contributed by atoms with Crippen LogP contribution in [0.5, 0.6) is 0 Å². The van der Waals surface area contributed by atoms with Crippen LogP contribution < -0.4 is 10.6 Å². The first kappa shape index (κ1) is 12.3. The number of ether oxygens (including phenoxy) is 1. The van der Waals surface area contributed by atoms with E-state index in [2.05, 4.69) is 29.8 Å². The molecule has 94 valence electrons. The molecule has 2 rings (SSSR count). The highest BCUT2D eigenvalue weighted by Gasteiger charge is 2.22. The van der Waals surface area contributed by atoms with Crippen LogP contribution >= 0.6 is 0 Å². The molecule has 0 spiro atoms. The van der Waals surface area contributed by atoms with Crippen LogP contribution in [0.15, 0.2) is 18.3 Å². The van der Waals surface area contributed by atoms with Crippen LogP contribution in [0.1, 0.15) is 32.4 Å². The van der Waals surface area contributed by atoms with Gasteiger partial charge < -0.3 is 15.4 Å². The predicted molar refractivity (Wildman–Crippen MR) is 69.1 cm³/mol. The maximum atomic E-state index is 5.81. The van der Waals surface area contributed by atoms with Gasteiger partial charge in [-0.05, 0) is 32.4 Å². The van der Waals surface area contributed by atoms with E-state index in [-0.39, 0.29) is 18.2 Å². The number of nitrogens with two attached hydrogens (primary N) is 1. The van der Waals surface area contributed by atoms with Crippen LogP contribution in [0.2, 0.25) is 0 Å². The molecule has 1 saturated heterocycles. The monoisotopic (exact) mass is 235 g/mol. The second kappa shape index (κ2) is 5.02. The van der Waals surface area contributed by atoms with Gasteiger partial charge in [-0.25, -0.2) is 4.98 Å². The lowest BCUT2D eigenvalue weighted by molar-refractivity contribution is -0.00545. The average Bonchev–Trinajstić information content (AvgIpc) is 2.28. The highest BCUT2D eigenvalue weighted by atomic mass is 16.5. The molecule has 3 atom stereocenters. The number of anilines is 1. The minimum atomic E-state index is 0.0408. The van der Waals surface area contributed by atoms with Gasteiger partial charge in [-0.2, -0.15) is 0 Å². The molecule has 1 aliphatic rings. The fourth-order valence-electron chi connectivity index (χ4n) is 2.22. The zero-order valence-electron chi connectivity index (χ0n) is 10.8. The number of pyridine rings is 1. The Bertz CT molecular complexity index is 353. The average molecular weight is 235 g/mol. The van der Waals surface area contributed by atoms with E-state index in [1.807, 2.05) is 19.2 Å². The normalized spacial score (nSPS) is 26.9. The van der Waals surface area contributed by atoms with E-state index in [0.29, 0.717) is 0 Å². The largest absolute Gasteiger partial charge is 0.372 e. The van der Waals surface area contributed by atoms with Gasteiger partial charge in [-0.15, -0.1) is 0 Å². The fraction of sp³-hybridized carbons (Fsp3) is 0.615. The van der Waals surface area contributed by atoms with Gasteiger partial charge >= 0.3 is 0 Å². The van der Waals surface area contributed by atoms with Crippen LogP contribution in [-0.4, -0.2) is 30.3 Å². The predicted octanol–water partition coefficient (Wildman–Crippen LogP) is 1.71. The lowest BCUT2D eigenvalue weighted by atomic mass is 10.1. The van der Waals surface area contributed by atoms with Crippen molar-refractivity contribution in [3.63, 3.8) is 0 Å². The molecule has 0 aromatic carbocycles. The van der Waals surface area contributed by atoms with Gasteiger partial charge in [-0.3, -0.25) is 0 Å². The Morgan fingerprint density at radius 1 is 1.35 bits per heavy atom. The van der Waals surface area contributed by atoms with Crippen molar-refractivity contribution in [3.8, 4) is 0 Å². The van der Waals surface area contributed by atoms with Crippen molar-refractivity contribution in [1.82, 2.24) is 4.98 Å². The lowest BCUT2D eigenvalue weighted by Crippen LogP contribution is -2.45. The zero-order chi connectivity index (χ0) is 12.4. The second-order valence-corrected chi connectivity index (χ2v) is 4.90. The van der Waals surface area contributed by atoms with Crippen LogP contribution in [0, 0.1) is 0 Å². The lowest BCUT2D eigenvalue weighted by Gasteiger charge is -2.36. The summed E-state index contributed by atoms with van der Waals surface area (Å²) < 4.78 is 5.71. The van der Waals surface area contributed by atoms with Crippen molar-refractivity contribution in [1.29, 1.82) is 0 Å². The molecule has 1 aromatic rings. The summed E-state index contributed by atoms with van der Waals surface area (Å²) in [6.07, 6.45) is 2.38. The summed E-state index contributed by atoms with van der Waals surface area (Å²) >= 11 is 0. The van der Waals surface area contributed by atoms with Gasteiger partial charge in [0.25, 0.3) is 0 Å². The number of hydrogen-bond acceptors (Lipinski definition) is 4. The van der Waals surface area contributed by atoms with Gasteiger partial charge in [0.1, 0.15) is 5.82 Å². The molecule has 0 unspecified atom stereocenters. The van der Waals surface area contributed by atoms with Gasteiger partial charge in [-0.1, -0.05) is 6.07 Å². The standard InChI is InChI=1S/C13H21N3O/c1-9-7-16(8-10(2)17-9)13-5-4-12(6-15-13)11(3)14/h4-6,9-11H,7-8,14H2,1-3H3/t9-,10+,11-/m0/s1. The third-order valence-electron chi connectivity index (χ3n) is 3.04. The van der Waals surface area contributed by atoms with Crippen molar-refractivity contribution in [2.24, 2.45) is 5.73 Å². The highest BCUT2D eigenvalue weighted by molar-refractivity contribution is 5.40. The van der Waals surface area contributed by atoms with E-state index >= 15 is 0 Å². The van der Waals surface area contributed by atoms with Gasteiger partial charge in [0.2, 0.25) is 0 Å². The van der Waals surface area contributed by atoms with Crippen molar-refractivity contribution in [2.45, 2.75) is 39.0 Å². The molecule has 2 N–H and O–H groups in total. The molecule has 1 aliphatic heterocycles. The summed E-state index contributed by atoms with van der Waals surface area (Å²) in [5, 5.41) is 0. The minimum Gasteiger partial charge on any atom is -0.372 e. The van der Waals surface area contributed by atoms with E-state index in [0.717, 1.165) is 24.5 Å². The first-order valence-electron chi connectivity index (χ1n) is 6.18. The van der Waals surface area contributed by atoms with Crippen molar-refractivity contribution in [2.75, 3.05) is 18.0 Å². The van der Waals surface area contributed by atoms with E-state index in [1.54, 1.807) is 0 Å². The van der Waals surface area contributed by atoms with Crippen molar-refractivity contribution >= 4 is 5.82 Å². The van der Waals surface area contributed by atoms with Crippen LogP contribution in [-0.2, 0) is 4.74 Å². The Hall–Kier alpha value is -1.13. The molecule has 0 aliphatic carbocycles. The molecule has 0 saturated carbocycles. The first-order valence-corrected chi connectivity index (χ1v) is 6.18. The van der Waals surface area contributed by atoms with Gasteiger partial charge in [0.05, 0.1) is 12.2 Å². The fourth-order valence-corrected chi connectivity index (χ4v) is 2.22. The quantitative estimate of drug-likeness (QED) is 0.848. The maximum absolute atomic E-state index is 5.81. The Kier molecular flexibility index (Phi) is 3.64.